The van der Waals surface area contributed by atoms with E-state index >= 15 is 0 Å². The first-order valence-corrected chi connectivity index (χ1v) is 5.05. The molecule has 0 fully saturated rings. The van der Waals surface area contributed by atoms with Gasteiger partial charge in [0.1, 0.15) is 6.20 Å². The standard InChI is InChI=1S/C5H5BrN2.C4H6O4/c6-4-1-2-5(7)8-3-4;5-3(6)1-2-4(7)8/h1-3H,(H2,7,8);1-2H2,(H,5,6)(H,7,8). The molecular formula is C9H11BrN2O4. The number of rotatable bonds is 3. The average molecular weight is 291 g/mol. The Bertz CT molecular complexity index is 318. The fraction of sp³-hybridized carbons (Fsp3) is 0.222. The van der Waals surface area contributed by atoms with E-state index in [1.165, 1.54) is 0 Å². The Hall–Kier alpha value is -1.63. The van der Waals surface area contributed by atoms with Crippen molar-refractivity contribution in [1.82, 2.24) is 0 Å². The first kappa shape index (κ1) is 14.4. The van der Waals surface area contributed by atoms with Gasteiger partial charge in [0.25, 0.3) is 5.82 Å². The summed E-state index contributed by atoms with van der Waals surface area (Å²) in [6.07, 6.45) is 1.02. The third-order valence-corrected chi connectivity index (χ3v) is 1.84. The highest BCUT2D eigenvalue weighted by Crippen LogP contribution is 2.04. The minimum absolute atomic E-state index is 0.359. The second-order valence-electron chi connectivity index (χ2n) is 2.73. The van der Waals surface area contributed by atoms with E-state index in [4.69, 9.17) is 10.8 Å². The van der Waals surface area contributed by atoms with Crippen molar-refractivity contribution in [2.24, 2.45) is 0 Å². The van der Waals surface area contributed by atoms with Crippen LogP contribution in [0.15, 0.2) is 22.8 Å². The van der Waals surface area contributed by atoms with Crippen molar-refractivity contribution in [1.29, 1.82) is 0 Å². The molecular weight excluding hydrogens is 280 g/mol. The van der Waals surface area contributed by atoms with Crippen LogP contribution in [0.2, 0.25) is 0 Å². The first-order valence-electron chi connectivity index (χ1n) is 4.26. The molecule has 88 valence electrons. The van der Waals surface area contributed by atoms with E-state index in [1.807, 2.05) is 6.07 Å². The zero-order valence-electron chi connectivity index (χ0n) is 8.27. The Morgan fingerprint density at radius 1 is 1.44 bits per heavy atom. The number of nitrogens with two attached hydrogens (primary N) is 1. The SMILES string of the molecule is Nc1ccc(Br)c[nH+]1.O=C([O-])CCC(=O)O. The van der Waals surface area contributed by atoms with Gasteiger partial charge < -0.3 is 15.0 Å². The van der Waals surface area contributed by atoms with Gasteiger partial charge in [-0.05, 0) is 28.4 Å². The van der Waals surface area contributed by atoms with E-state index in [0.717, 1.165) is 4.47 Å². The van der Waals surface area contributed by atoms with Crippen LogP contribution in [-0.2, 0) is 9.59 Å². The minimum atomic E-state index is -1.33. The lowest BCUT2D eigenvalue weighted by atomic mass is 10.3. The van der Waals surface area contributed by atoms with Gasteiger partial charge in [0.05, 0.1) is 10.9 Å². The quantitative estimate of drug-likeness (QED) is 0.774. The van der Waals surface area contributed by atoms with Crippen LogP contribution in [0.5, 0.6) is 0 Å². The largest absolute Gasteiger partial charge is 0.550 e. The van der Waals surface area contributed by atoms with Crippen molar-refractivity contribution in [2.75, 3.05) is 5.73 Å². The minimum Gasteiger partial charge on any atom is -0.550 e. The summed E-state index contributed by atoms with van der Waals surface area (Å²) in [4.78, 5) is 22.0. The molecule has 0 amide bonds. The third-order valence-electron chi connectivity index (χ3n) is 1.34. The molecule has 0 aromatic carbocycles. The van der Waals surface area contributed by atoms with Gasteiger partial charge in [-0.2, -0.15) is 0 Å². The number of aliphatic carboxylic acids is 2. The highest BCUT2D eigenvalue weighted by molar-refractivity contribution is 9.10. The predicted molar refractivity (Wildman–Crippen MR) is 57.0 cm³/mol. The second-order valence-corrected chi connectivity index (χ2v) is 3.64. The maximum atomic E-state index is 9.61. The van der Waals surface area contributed by atoms with E-state index in [0.29, 0.717) is 5.82 Å². The Kier molecular flexibility index (Phi) is 6.86. The van der Waals surface area contributed by atoms with Crippen LogP contribution in [0.4, 0.5) is 5.82 Å². The Balaban J connectivity index is 0.000000281. The van der Waals surface area contributed by atoms with E-state index in [9.17, 15) is 14.7 Å². The molecule has 0 unspecified atom stereocenters. The van der Waals surface area contributed by atoms with Gasteiger partial charge in [-0.1, -0.05) is 0 Å². The molecule has 0 bridgehead atoms. The summed E-state index contributed by atoms with van der Waals surface area (Å²) in [6.45, 7) is 0. The Morgan fingerprint density at radius 2 is 2.06 bits per heavy atom. The maximum absolute atomic E-state index is 9.61. The molecule has 0 spiro atoms. The number of carboxylic acids is 2. The van der Waals surface area contributed by atoms with Gasteiger partial charge in [-0.15, -0.1) is 0 Å². The number of carboxylic acid groups (broad SMARTS) is 2. The van der Waals surface area contributed by atoms with Crippen LogP contribution in [0.1, 0.15) is 12.8 Å². The number of aromatic amines is 1. The molecule has 1 aromatic heterocycles. The molecule has 7 heteroatoms. The van der Waals surface area contributed by atoms with E-state index < -0.39 is 18.4 Å². The molecule has 1 heterocycles. The molecule has 0 radical (unpaired) electrons. The lowest BCUT2D eigenvalue weighted by molar-refractivity contribution is -0.361. The van der Waals surface area contributed by atoms with E-state index in [-0.39, 0.29) is 6.42 Å². The molecule has 0 saturated heterocycles. The highest BCUT2D eigenvalue weighted by Gasteiger charge is 1.94. The van der Waals surface area contributed by atoms with Crippen LogP contribution in [0, 0.1) is 0 Å². The molecule has 0 aliphatic heterocycles. The second kappa shape index (κ2) is 7.63. The van der Waals surface area contributed by atoms with E-state index in [1.54, 1.807) is 12.3 Å². The lowest BCUT2D eigenvalue weighted by Crippen LogP contribution is -2.22. The summed E-state index contributed by atoms with van der Waals surface area (Å²) in [7, 11) is 0. The lowest BCUT2D eigenvalue weighted by Gasteiger charge is -1.94. The monoisotopic (exact) mass is 290 g/mol. The number of nitrogen functional groups attached to an aromatic ring is 1. The summed E-state index contributed by atoms with van der Waals surface area (Å²) in [5, 5.41) is 17.4. The zero-order chi connectivity index (χ0) is 12.6. The van der Waals surface area contributed by atoms with Gasteiger partial charge >= 0.3 is 5.97 Å². The molecule has 0 atom stereocenters. The van der Waals surface area contributed by atoms with Gasteiger partial charge in [-0.25, -0.2) is 4.98 Å². The van der Waals surface area contributed by atoms with Crippen LogP contribution >= 0.6 is 15.9 Å². The number of carbonyl (C=O) groups excluding carboxylic acids is 1. The smallest absolute Gasteiger partial charge is 0.303 e. The number of nitrogens with one attached hydrogen (secondary N) is 1. The fourth-order valence-corrected chi connectivity index (χ4v) is 0.874. The summed E-state index contributed by atoms with van der Waals surface area (Å²) in [6, 6.07) is 3.68. The Labute approximate surface area is 100 Å². The summed E-state index contributed by atoms with van der Waals surface area (Å²) < 4.78 is 1.01. The van der Waals surface area contributed by atoms with Crippen molar-refractivity contribution in [2.45, 2.75) is 12.8 Å². The molecule has 0 aliphatic carbocycles. The van der Waals surface area contributed by atoms with Crippen LogP contribution in [-0.4, -0.2) is 17.0 Å². The average Bonchev–Trinajstić information content (AvgIpc) is 2.20. The summed E-state index contributed by atoms with van der Waals surface area (Å²) in [5.74, 6) is -1.77. The number of anilines is 1. The molecule has 16 heavy (non-hydrogen) atoms. The van der Waals surface area contributed by atoms with Gasteiger partial charge in [-0.3, -0.25) is 10.5 Å². The fourth-order valence-electron chi connectivity index (χ4n) is 0.627. The van der Waals surface area contributed by atoms with Crippen molar-refractivity contribution in [3.8, 4) is 0 Å². The number of halogens is 1. The summed E-state index contributed by atoms with van der Waals surface area (Å²) >= 11 is 3.26. The molecule has 4 N–H and O–H groups in total. The van der Waals surface area contributed by atoms with Crippen molar-refractivity contribution in [3.63, 3.8) is 0 Å². The summed E-state index contributed by atoms with van der Waals surface area (Å²) in [5.41, 5.74) is 5.35. The number of aromatic nitrogens is 1. The van der Waals surface area contributed by atoms with Crippen molar-refractivity contribution in [3.05, 3.63) is 22.8 Å². The topological polar surface area (TPSA) is 118 Å². The first-order chi connectivity index (χ1) is 7.41. The molecule has 1 rings (SSSR count). The number of H-pyrrole nitrogens is 1. The van der Waals surface area contributed by atoms with Gasteiger partial charge in [0.2, 0.25) is 0 Å². The van der Waals surface area contributed by atoms with Crippen LogP contribution in [0.25, 0.3) is 0 Å². The number of hydrogen-bond acceptors (Lipinski definition) is 4. The number of pyridine rings is 1. The maximum Gasteiger partial charge on any atom is 0.303 e. The van der Waals surface area contributed by atoms with Gasteiger partial charge in [0.15, 0.2) is 0 Å². The van der Waals surface area contributed by atoms with Crippen molar-refractivity contribution >= 4 is 33.7 Å². The van der Waals surface area contributed by atoms with Crippen LogP contribution in [0.3, 0.4) is 0 Å². The Morgan fingerprint density at radius 3 is 2.31 bits per heavy atom. The number of carbonyl (C=O) groups is 2. The van der Waals surface area contributed by atoms with Crippen LogP contribution < -0.4 is 15.8 Å². The van der Waals surface area contributed by atoms with E-state index in [2.05, 4.69) is 20.9 Å². The molecule has 0 saturated carbocycles. The zero-order valence-corrected chi connectivity index (χ0v) is 9.86. The number of hydrogen-bond donors (Lipinski definition) is 2. The highest BCUT2D eigenvalue weighted by atomic mass is 79.9. The van der Waals surface area contributed by atoms with Crippen molar-refractivity contribution < 1.29 is 24.8 Å². The predicted octanol–water partition coefficient (Wildman–Crippen LogP) is -0.553. The molecule has 0 aliphatic rings. The normalized spacial score (nSPS) is 8.81. The molecule has 6 nitrogen and oxygen atoms in total. The van der Waals surface area contributed by atoms with Gasteiger partial charge in [0, 0.05) is 12.0 Å². The third kappa shape index (κ3) is 8.95. The molecule has 1 aromatic rings.